The van der Waals surface area contributed by atoms with Gasteiger partial charge in [-0.1, -0.05) is 6.07 Å². The number of nitrogens with zero attached hydrogens (tertiary/aromatic N) is 5. The lowest BCUT2D eigenvalue weighted by molar-refractivity contribution is 0.0728. The highest BCUT2D eigenvalue weighted by Gasteiger charge is 2.31. The Bertz CT molecular complexity index is 946. The molecule has 7 nitrogen and oxygen atoms in total. The average molecular weight is 360 g/mol. The van der Waals surface area contributed by atoms with Gasteiger partial charge in [-0.25, -0.2) is 9.97 Å². The number of rotatable bonds is 4. The number of hydrogen-bond donors (Lipinski definition) is 1. The van der Waals surface area contributed by atoms with Crippen LogP contribution >= 0.6 is 0 Å². The highest BCUT2D eigenvalue weighted by Crippen LogP contribution is 2.33. The topological polar surface area (TPSA) is 83.9 Å². The number of likely N-dealkylation sites (tertiary alicyclic amines) is 1. The molecule has 1 aliphatic heterocycles. The van der Waals surface area contributed by atoms with Crippen molar-refractivity contribution in [3.63, 3.8) is 0 Å². The van der Waals surface area contributed by atoms with Gasteiger partial charge >= 0.3 is 0 Å². The van der Waals surface area contributed by atoms with Gasteiger partial charge in [0.1, 0.15) is 11.6 Å². The van der Waals surface area contributed by atoms with Crippen molar-refractivity contribution in [3.8, 4) is 0 Å². The first-order valence-corrected chi connectivity index (χ1v) is 8.96. The number of hydrogen-bond acceptors (Lipinski definition) is 6. The van der Waals surface area contributed by atoms with Crippen molar-refractivity contribution < 1.29 is 4.79 Å². The molecule has 3 aromatic heterocycles. The summed E-state index contributed by atoms with van der Waals surface area (Å²) in [5.74, 6) is 1.38. The highest BCUT2D eigenvalue weighted by atomic mass is 16.2. The largest absolute Gasteiger partial charge is 0.330 e. The molecule has 1 N–H and O–H groups in total. The summed E-state index contributed by atoms with van der Waals surface area (Å²) in [6, 6.07) is 13.2. The van der Waals surface area contributed by atoms with E-state index < -0.39 is 0 Å². The summed E-state index contributed by atoms with van der Waals surface area (Å²) < 4.78 is 0. The van der Waals surface area contributed by atoms with Gasteiger partial charge in [0.2, 0.25) is 0 Å². The van der Waals surface area contributed by atoms with E-state index in [0.29, 0.717) is 18.1 Å². The Morgan fingerprint density at radius 2 is 2.07 bits per heavy atom. The second-order valence-corrected chi connectivity index (χ2v) is 6.53. The summed E-state index contributed by atoms with van der Waals surface area (Å²) in [4.78, 5) is 23.5. The summed E-state index contributed by atoms with van der Waals surface area (Å²) in [6.45, 7) is 2.66. The molecule has 0 saturated carbocycles. The molecule has 136 valence electrons. The van der Waals surface area contributed by atoms with Crippen LogP contribution in [-0.4, -0.2) is 37.5 Å². The molecule has 1 saturated heterocycles. The van der Waals surface area contributed by atoms with Crippen molar-refractivity contribution >= 4 is 17.5 Å². The Labute approximate surface area is 157 Å². The molecule has 7 heteroatoms. The van der Waals surface area contributed by atoms with Crippen LogP contribution in [0.25, 0.3) is 0 Å². The van der Waals surface area contributed by atoms with Gasteiger partial charge in [0.25, 0.3) is 5.91 Å². The molecule has 1 aliphatic rings. The molecule has 0 bridgehead atoms. The zero-order valence-corrected chi connectivity index (χ0v) is 15.0. The fraction of sp³-hybridized carbons (Fsp3) is 0.250. The predicted molar refractivity (Wildman–Crippen MR) is 102 cm³/mol. The minimum absolute atomic E-state index is 0.00789. The van der Waals surface area contributed by atoms with E-state index in [1.807, 2.05) is 42.2 Å². The quantitative estimate of drug-likeness (QED) is 0.768. The van der Waals surface area contributed by atoms with Gasteiger partial charge in [-0.3, -0.25) is 4.79 Å². The monoisotopic (exact) mass is 360 g/mol. The SMILES string of the molecule is Cc1cccc(Nc2cc([C@H]3CCCN3C(=O)c3cccnn3)ccn2)n1. The number of carbonyl (C=O) groups excluding carboxylic acids is 1. The second kappa shape index (κ2) is 7.49. The summed E-state index contributed by atoms with van der Waals surface area (Å²) in [5.41, 5.74) is 2.36. The van der Waals surface area contributed by atoms with Crippen molar-refractivity contribution in [1.29, 1.82) is 0 Å². The number of nitrogens with one attached hydrogen (secondary N) is 1. The average Bonchev–Trinajstić information content (AvgIpc) is 3.18. The number of carbonyl (C=O) groups is 1. The molecule has 3 aromatic rings. The van der Waals surface area contributed by atoms with Crippen molar-refractivity contribution in [2.75, 3.05) is 11.9 Å². The van der Waals surface area contributed by atoms with Crippen LogP contribution in [0.15, 0.2) is 54.9 Å². The van der Waals surface area contributed by atoms with Crippen molar-refractivity contribution in [1.82, 2.24) is 25.1 Å². The van der Waals surface area contributed by atoms with E-state index in [2.05, 4.69) is 25.5 Å². The van der Waals surface area contributed by atoms with Crippen molar-refractivity contribution in [3.05, 3.63) is 71.8 Å². The van der Waals surface area contributed by atoms with Gasteiger partial charge in [-0.2, -0.15) is 5.10 Å². The van der Waals surface area contributed by atoms with Crippen LogP contribution in [-0.2, 0) is 0 Å². The van der Waals surface area contributed by atoms with Crippen LogP contribution in [0.5, 0.6) is 0 Å². The normalized spacial score (nSPS) is 16.3. The summed E-state index contributed by atoms with van der Waals surface area (Å²) in [7, 11) is 0. The molecule has 4 rings (SSSR count). The first-order chi connectivity index (χ1) is 13.2. The molecule has 1 amide bonds. The van der Waals surface area contributed by atoms with E-state index in [1.54, 1.807) is 24.5 Å². The lowest BCUT2D eigenvalue weighted by atomic mass is 10.1. The molecule has 0 aliphatic carbocycles. The van der Waals surface area contributed by atoms with E-state index in [0.717, 1.165) is 29.9 Å². The molecule has 0 unspecified atom stereocenters. The Hall–Kier alpha value is -3.35. The van der Waals surface area contributed by atoms with E-state index in [-0.39, 0.29) is 11.9 Å². The zero-order chi connectivity index (χ0) is 18.6. The zero-order valence-electron chi connectivity index (χ0n) is 15.0. The van der Waals surface area contributed by atoms with Crippen LogP contribution < -0.4 is 5.32 Å². The number of aromatic nitrogens is 4. The maximum Gasteiger partial charge on any atom is 0.274 e. The summed E-state index contributed by atoms with van der Waals surface area (Å²) in [5, 5.41) is 11.0. The number of amides is 1. The number of aryl methyl sites for hydroxylation is 1. The minimum Gasteiger partial charge on any atom is -0.330 e. The molecule has 4 heterocycles. The Balaban J connectivity index is 1.56. The second-order valence-electron chi connectivity index (χ2n) is 6.53. The van der Waals surface area contributed by atoms with Gasteiger partial charge < -0.3 is 10.2 Å². The fourth-order valence-electron chi connectivity index (χ4n) is 3.39. The Morgan fingerprint density at radius 3 is 2.89 bits per heavy atom. The molecule has 0 radical (unpaired) electrons. The summed E-state index contributed by atoms with van der Waals surface area (Å²) >= 11 is 0. The van der Waals surface area contributed by atoms with Crippen LogP contribution in [0.1, 0.15) is 40.6 Å². The molecule has 0 aromatic carbocycles. The molecular weight excluding hydrogens is 340 g/mol. The molecule has 27 heavy (non-hydrogen) atoms. The van der Waals surface area contributed by atoms with E-state index in [1.165, 1.54) is 0 Å². The maximum absolute atomic E-state index is 12.8. The van der Waals surface area contributed by atoms with E-state index in [9.17, 15) is 4.79 Å². The van der Waals surface area contributed by atoms with Gasteiger partial charge in [0.15, 0.2) is 5.69 Å². The third kappa shape index (κ3) is 3.76. The maximum atomic E-state index is 12.8. The lowest BCUT2D eigenvalue weighted by Crippen LogP contribution is -2.31. The lowest BCUT2D eigenvalue weighted by Gasteiger charge is -2.24. The predicted octanol–water partition coefficient (Wildman–Crippen LogP) is 3.30. The van der Waals surface area contributed by atoms with Crippen molar-refractivity contribution in [2.24, 2.45) is 0 Å². The van der Waals surface area contributed by atoms with E-state index >= 15 is 0 Å². The number of anilines is 2. The van der Waals surface area contributed by atoms with Gasteiger partial charge in [0, 0.05) is 24.6 Å². The Kier molecular flexibility index (Phi) is 4.74. The standard InChI is InChI=1S/C20H20N6O/c1-14-5-2-8-18(23-14)24-19-13-15(9-11-21-19)17-7-4-12-26(17)20(27)16-6-3-10-22-25-16/h2-3,5-6,8-11,13,17H,4,7,12H2,1H3,(H,21,23,24)/t17-/m1/s1. The Morgan fingerprint density at radius 1 is 1.15 bits per heavy atom. The number of pyridine rings is 2. The van der Waals surface area contributed by atoms with Crippen LogP contribution in [0.3, 0.4) is 0 Å². The third-order valence-corrected chi connectivity index (χ3v) is 4.62. The smallest absolute Gasteiger partial charge is 0.274 e. The molecule has 0 spiro atoms. The minimum atomic E-state index is -0.0859. The first-order valence-electron chi connectivity index (χ1n) is 8.96. The molecular formula is C20H20N6O. The van der Waals surface area contributed by atoms with Crippen LogP contribution in [0.4, 0.5) is 11.6 Å². The van der Waals surface area contributed by atoms with Crippen molar-refractivity contribution in [2.45, 2.75) is 25.8 Å². The fourth-order valence-corrected chi connectivity index (χ4v) is 3.39. The van der Waals surface area contributed by atoms with Crippen LogP contribution in [0.2, 0.25) is 0 Å². The first kappa shape index (κ1) is 17.1. The highest BCUT2D eigenvalue weighted by molar-refractivity contribution is 5.92. The van der Waals surface area contributed by atoms with Gasteiger partial charge in [-0.05, 0) is 61.7 Å². The molecule has 1 fully saturated rings. The third-order valence-electron chi connectivity index (χ3n) is 4.62. The van der Waals surface area contributed by atoms with Gasteiger partial charge in [0.05, 0.1) is 6.04 Å². The molecule has 1 atom stereocenters. The van der Waals surface area contributed by atoms with Gasteiger partial charge in [-0.15, -0.1) is 5.10 Å². The van der Waals surface area contributed by atoms with E-state index in [4.69, 9.17) is 0 Å². The summed E-state index contributed by atoms with van der Waals surface area (Å²) in [6.07, 6.45) is 5.20. The van der Waals surface area contributed by atoms with Crippen LogP contribution in [0, 0.1) is 6.92 Å².